The summed E-state index contributed by atoms with van der Waals surface area (Å²) in [6.45, 7) is 2.26. The van der Waals surface area contributed by atoms with Crippen molar-refractivity contribution >= 4 is 43.0 Å². The van der Waals surface area contributed by atoms with Crippen LogP contribution in [0.25, 0.3) is 0 Å². The molecule has 2 aromatic rings. The van der Waals surface area contributed by atoms with Gasteiger partial charge in [-0.25, -0.2) is 22.0 Å². The summed E-state index contributed by atoms with van der Waals surface area (Å²) >= 11 is 1.14. The van der Waals surface area contributed by atoms with Gasteiger partial charge >= 0.3 is 0 Å². The molecule has 0 bridgehead atoms. The Morgan fingerprint density at radius 3 is 2.66 bits per heavy atom. The number of nitrogens with one attached hydrogen (secondary N) is 1. The molecule has 1 saturated heterocycles. The van der Waals surface area contributed by atoms with Crippen LogP contribution in [-0.4, -0.2) is 40.1 Å². The number of sulfonamides is 2. The van der Waals surface area contributed by atoms with Crippen molar-refractivity contribution in [3.8, 4) is 0 Å². The molecule has 1 amide bonds. The minimum absolute atomic E-state index is 0.0247. The number of hydrogen-bond donors (Lipinski definition) is 2. The van der Waals surface area contributed by atoms with Gasteiger partial charge in [0.1, 0.15) is 4.21 Å². The SMILES string of the molecule is CCc1ccc(NC(=O)C2CCCN(S(=O)(=O)c3cccs3)C2)cc1S(N)(=O)=O. The third kappa shape index (κ3) is 4.86. The standard InChI is InChI=1S/C18H23N3O5S3/c1-2-13-7-8-15(11-16(13)28(19,23)24)20-18(22)14-5-3-9-21(12-14)29(25,26)17-6-4-10-27-17/h4,6-8,10-11,14H,2-3,5,9,12H2,1H3,(H,20,22)(H2,19,23,24). The van der Waals surface area contributed by atoms with Gasteiger partial charge < -0.3 is 5.32 Å². The Morgan fingerprint density at radius 2 is 2.03 bits per heavy atom. The molecular weight excluding hydrogens is 434 g/mol. The highest BCUT2D eigenvalue weighted by Crippen LogP contribution is 2.27. The lowest BCUT2D eigenvalue weighted by Crippen LogP contribution is -2.43. The number of nitrogens with two attached hydrogens (primary N) is 1. The van der Waals surface area contributed by atoms with Crippen molar-refractivity contribution in [1.82, 2.24) is 4.31 Å². The minimum atomic E-state index is -3.92. The lowest BCUT2D eigenvalue weighted by Gasteiger charge is -2.30. The molecule has 1 aromatic carbocycles. The molecule has 1 aliphatic rings. The van der Waals surface area contributed by atoms with Crippen molar-refractivity contribution < 1.29 is 21.6 Å². The van der Waals surface area contributed by atoms with Crippen molar-refractivity contribution in [2.75, 3.05) is 18.4 Å². The monoisotopic (exact) mass is 457 g/mol. The summed E-state index contributed by atoms with van der Waals surface area (Å²) < 4.78 is 50.7. The number of amides is 1. The lowest BCUT2D eigenvalue weighted by atomic mass is 9.98. The maximum atomic E-state index is 12.7. The number of nitrogens with zero attached hydrogens (tertiary/aromatic N) is 1. The Hall–Kier alpha value is -1.79. The van der Waals surface area contributed by atoms with Gasteiger partial charge in [0, 0.05) is 18.8 Å². The summed E-state index contributed by atoms with van der Waals surface area (Å²) in [5, 5.41) is 9.68. The molecule has 0 radical (unpaired) electrons. The smallest absolute Gasteiger partial charge is 0.252 e. The Bertz CT molecular complexity index is 1100. The van der Waals surface area contributed by atoms with E-state index in [0.29, 0.717) is 37.1 Å². The first-order valence-corrected chi connectivity index (χ1v) is 13.0. The molecule has 158 valence electrons. The van der Waals surface area contributed by atoms with Crippen LogP contribution in [0.3, 0.4) is 0 Å². The van der Waals surface area contributed by atoms with Crippen molar-refractivity contribution in [3.05, 3.63) is 41.3 Å². The van der Waals surface area contributed by atoms with E-state index in [2.05, 4.69) is 5.32 Å². The number of carbonyl (C=O) groups excluding carboxylic acids is 1. The number of primary sulfonamides is 1. The van der Waals surface area contributed by atoms with Crippen LogP contribution in [0.1, 0.15) is 25.3 Å². The highest BCUT2D eigenvalue weighted by Gasteiger charge is 2.34. The normalized spacial score (nSPS) is 18.5. The molecule has 1 unspecified atom stereocenters. The molecule has 0 aliphatic carbocycles. The van der Waals surface area contributed by atoms with E-state index in [1.165, 1.54) is 10.4 Å². The van der Waals surface area contributed by atoms with Crippen LogP contribution >= 0.6 is 11.3 Å². The van der Waals surface area contributed by atoms with E-state index < -0.39 is 26.0 Å². The molecule has 0 spiro atoms. The van der Waals surface area contributed by atoms with E-state index in [1.807, 2.05) is 6.92 Å². The summed E-state index contributed by atoms with van der Waals surface area (Å²) in [6.07, 6.45) is 1.61. The molecule has 1 atom stereocenters. The largest absolute Gasteiger partial charge is 0.326 e. The third-order valence-electron chi connectivity index (χ3n) is 4.87. The molecule has 1 aromatic heterocycles. The van der Waals surface area contributed by atoms with Gasteiger partial charge in [-0.1, -0.05) is 19.1 Å². The zero-order valence-corrected chi connectivity index (χ0v) is 18.3. The van der Waals surface area contributed by atoms with Crippen LogP contribution in [0.4, 0.5) is 5.69 Å². The molecular formula is C18H23N3O5S3. The van der Waals surface area contributed by atoms with E-state index in [9.17, 15) is 21.6 Å². The molecule has 0 saturated carbocycles. The molecule has 2 heterocycles. The minimum Gasteiger partial charge on any atom is -0.326 e. The fourth-order valence-corrected chi connectivity index (χ4v) is 6.88. The number of carbonyl (C=O) groups is 1. The number of thiophene rings is 1. The van der Waals surface area contributed by atoms with Crippen molar-refractivity contribution in [3.63, 3.8) is 0 Å². The first-order valence-electron chi connectivity index (χ1n) is 9.13. The van der Waals surface area contributed by atoms with Gasteiger partial charge in [-0.2, -0.15) is 4.31 Å². The van der Waals surface area contributed by atoms with Gasteiger partial charge in [0.05, 0.1) is 10.8 Å². The zero-order valence-electron chi connectivity index (χ0n) is 15.9. The molecule has 8 nitrogen and oxygen atoms in total. The average molecular weight is 458 g/mol. The van der Waals surface area contributed by atoms with Gasteiger partial charge in [-0.3, -0.25) is 4.79 Å². The maximum Gasteiger partial charge on any atom is 0.252 e. The number of piperidine rings is 1. The van der Waals surface area contributed by atoms with Crippen LogP contribution in [0.2, 0.25) is 0 Å². The van der Waals surface area contributed by atoms with Gasteiger partial charge in [0.15, 0.2) is 0 Å². The van der Waals surface area contributed by atoms with Crippen LogP contribution in [0, 0.1) is 5.92 Å². The summed E-state index contributed by atoms with van der Waals surface area (Å²) in [7, 11) is -7.54. The topological polar surface area (TPSA) is 127 Å². The maximum absolute atomic E-state index is 12.7. The Morgan fingerprint density at radius 1 is 1.28 bits per heavy atom. The predicted molar refractivity (Wildman–Crippen MR) is 112 cm³/mol. The van der Waals surface area contributed by atoms with Gasteiger partial charge in [0.2, 0.25) is 15.9 Å². The van der Waals surface area contributed by atoms with Gasteiger partial charge in [-0.15, -0.1) is 11.3 Å². The summed E-state index contributed by atoms with van der Waals surface area (Å²) in [4.78, 5) is 12.7. The lowest BCUT2D eigenvalue weighted by molar-refractivity contribution is -0.120. The summed E-state index contributed by atoms with van der Waals surface area (Å²) in [5.74, 6) is -0.872. The van der Waals surface area contributed by atoms with E-state index in [0.717, 1.165) is 11.3 Å². The van der Waals surface area contributed by atoms with Crippen molar-refractivity contribution in [1.29, 1.82) is 0 Å². The molecule has 1 aliphatic heterocycles. The Labute approximate surface area is 174 Å². The van der Waals surface area contributed by atoms with Crippen LogP contribution in [0.15, 0.2) is 44.8 Å². The number of anilines is 1. The molecule has 3 rings (SSSR count). The van der Waals surface area contributed by atoms with Crippen LogP contribution in [0.5, 0.6) is 0 Å². The summed E-state index contributed by atoms with van der Waals surface area (Å²) in [5.41, 5.74) is 0.880. The van der Waals surface area contributed by atoms with E-state index in [4.69, 9.17) is 5.14 Å². The molecule has 1 fully saturated rings. The van der Waals surface area contributed by atoms with Crippen molar-refractivity contribution in [2.24, 2.45) is 11.1 Å². The van der Waals surface area contributed by atoms with Crippen molar-refractivity contribution in [2.45, 2.75) is 35.3 Å². The van der Waals surface area contributed by atoms with E-state index >= 15 is 0 Å². The van der Waals surface area contributed by atoms with Gasteiger partial charge in [0.25, 0.3) is 10.0 Å². The quantitative estimate of drug-likeness (QED) is 0.686. The third-order valence-corrected chi connectivity index (χ3v) is 9.10. The fourth-order valence-electron chi connectivity index (χ4n) is 3.35. The average Bonchev–Trinajstić information content (AvgIpc) is 3.23. The first kappa shape index (κ1) is 21.9. The molecule has 11 heteroatoms. The Balaban J connectivity index is 1.76. The second kappa shape index (κ2) is 8.52. The second-order valence-electron chi connectivity index (χ2n) is 6.84. The number of rotatable bonds is 6. The van der Waals surface area contributed by atoms with Crippen LogP contribution in [-0.2, 0) is 31.3 Å². The fraction of sp³-hybridized carbons (Fsp3) is 0.389. The number of aryl methyl sites for hydroxylation is 1. The van der Waals surface area contributed by atoms with E-state index in [-0.39, 0.29) is 21.6 Å². The second-order valence-corrected chi connectivity index (χ2v) is 11.5. The van der Waals surface area contributed by atoms with E-state index in [1.54, 1.807) is 29.6 Å². The zero-order chi connectivity index (χ0) is 21.2. The predicted octanol–water partition coefficient (Wildman–Crippen LogP) is 2.00. The summed E-state index contributed by atoms with van der Waals surface area (Å²) in [6, 6.07) is 7.80. The molecule has 29 heavy (non-hydrogen) atoms. The molecule has 3 N–H and O–H groups in total. The van der Waals surface area contributed by atoms with Gasteiger partial charge in [-0.05, 0) is 48.4 Å². The highest BCUT2D eigenvalue weighted by atomic mass is 32.2. The number of hydrogen-bond acceptors (Lipinski definition) is 6. The van der Waals surface area contributed by atoms with Crippen LogP contribution < -0.4 is 10.5 Å². The first-order chi connectivity index (χ1) is 13.6. The number of benzene rings is 1. The highest BCUT2D eigenvalue weighted by molar-refractivity contribution is 7.91. The Kier molecular flexibility index (Phi) is 6.44.